The second kappa shape index (κ2) is 9.73. The summed E-state index contributed by atoms with van der Waals surface area (Å²) in [5.74, 6) is 1.28. The molecular weight excluding hydrogens is 282 g/mol. The number of carbonyl (C=O) groups is 1. The van der Waals surface area contributed by atoms with Crippen molar-refractivity contribution >= 4 is 17.7 Å². The molecule has 0 aromatic heterocycles. The van der Waals surface area contributed by atoms with Gasteiger partial charge < -0.3 is 10.4 Å². The first-order valence-electron chi connectivity index (χ1n) is 8.64. The lowest BCUT2D eigenvalue weighted by Crippen LogP contribution is -2.52. The van der Waals surface area contributed by atoms with Gasteiger partial charge in [-0.2, -0.15) is 11.8 Å². The van der Waals surface area contributed by atoms with Gasteiger partial charge in [-0.15, -0.1) is 0 Å². The fourth-order valence-electron chi connectivity index (χ4n) is 3.24. The molecule has 0 aromatic carbocycles. The third kappa shape index (κ3) is 6.19. The van der Waals surface area contributed by atoms with Crippen molar-refractivity contribution in [3.63, 3.8) is 0 Å². The van der Waals surface area contributed by atoms with E-state index in [4.69, 9.17) is 0 Å². The maximum Gasteiger partial charge on any atom is 0.323 e. The summed E-state index contributed by atoms with van der Waals surface area (Å²) in [6.45, 7) is 7.20. The number of carboxylic acids is 1. The van der Waals surface area contributed by atoms with Gasteiger partial charge in [0.1, 0.15) is 5.54 Å². The number of carboxylic acid groups (broad SMARTS) is 1. The lowest BCUT2D eigenvalue weighted by molar-refractivity contribution is -0.145. The summed E-state index contributed by atoms with van der Waals surface area (Å²) in [4.78, 5) is 11.6. The Morgan fingerprint density at radius 2 is 2.14 bits per heavy atom. The quantitative estimate of drug-likeness (QED) is 0.590. The molecule has 3 unspecified atom stereocenters. The van der Waals surface area contributed by atoms with E-state index in [-0.39, 0.29) is 0 Å². The molecule has 0 aliphatic heterocycles. The van der Waals surface area contributed by atoms with E-state index >= 15 is 0 Å². The Bertz CT molecular complexity index is 311. The van der Waals surface area contributed by atoms with Crippen LogP contribution in [0.5, 0.6) is 0 Å². The molecule has 0 spiro atoms. The SMILES string of the molecule is CCCNC(CC)(CCCSC1CCCC(C)C1)C(=O)O. The fraction of sp³-hybridized carbons (Fsp3) is 0.941. The zero-order valence-electron chi connectivity index (χ0n) is 14.0. The molecule has 4 heteroatoms. The standard InChI is InChI=1S/C17H33NO2S/c1-4-11-18-17(5-2,16(19)20)10-7-12-21-15-9-6-8-14(3)13-15/h14-15,18H,4-13H2,1-3H3,(H,19,20). The molecule has 1 saturated carbocycles. The van der Waals surface area contributed by atoms with Crippen LogP contribution in [0.15, 0.2) is 0 Å². The Labute approximate surface area is 134 Å². The first-order valence-corrected chi connectivity index (χ1v) is 9.69. The van der Waals surface area contributed by atoms with Gasteiger partial charge in [0.15, 0.2) is 0 Å². The van der Waals surface area contributed by atoms with Crippen LogP contribution in [0.2, 0.25) is 0 Å². The zero-order valence-corrected chi connectivity index (χ0v) is 14.8. The van der Waals surface area contributed by atoms with Crippen LogP contribution in [-0.2, 0) is 4.79 Å². The summed E-state index contributed by atoms with van der Waals surface area (Å²) in [7, 11) is 0. The molecule has 0 radical (unpaired) electrons. The van der Waals surface area contributed by atoms with Crippen molar-refractivity contribution < 1.29 is 9.90 Å². The summed E-state index contributed by atoms with van der Waals surface area (Å²) in [5.41, 5.74) is -0.712. The molecule has 2 N–H and O–H groups in total. The molecule has 0 saturated heterocycles. The Balaban J connectivity index is 2.34. The van der Waals surface area contributed by atoms with Crippen LogP contribution < -0.4 is 5.32 Å². The lowest BCUT2D eigenvalue weighted by atomic mass is 9.90. The van der Waals surface area contributed by atoms with Crippen molar-refractivity contribution in [3.8, 4) is 0 Å². The van der Waals surface area contributed by atoms with Gasteiger partial charge in [-0.3, -0.25) is 4.79 Å². The van der Waals surface area contributed by atoms with Crippen LogP contribution in [0.3, 0.4) is 0 Å². The highest BCUT2D eigenvalue weighted by molar-refractivity contribution is 7.99. The molecule has 1 aliphatic rings. The molecule has 3 nitrogen and oxygen atoms in total. The maximum atomic E-state index is 11.6. The molecule has 0 aromatic rings. The Hall–Kier alpha value is -0.220. The van der Waals surface area contributed by atoms with Gasteiger partial charge in [-0.1, -0.05) is 33.6 Å². The first-order chi connectivity index (χ1) is 10.0. The smallest absolute Gasteiger partial charge is 0.323 e. The van der Waals surface area contributed by atoms with Crippen LogP contribution in [0.1, 0.15) is 72.1 Å². The number of aliphatic carboxylic acids is 1. The summed E-state index contributed by atoms with van der Waals surface area (Å²) < 4.78 is 0. The minimum absolute atomic E-state index is 0.660. The molecular formula is C17H33NO2S. The lowest BCUT2D eigenvalue weighted by Gasteiger charge is -2.30. The molecule has 0 amide bonds. The van der Waals surface area contributed by atoms with Gasteiger partial charge in [0.25, 0.3) is 0 Å². The molecule has 0 bridgehead atoms. The molecule has 1 fully saturated rings. The van der Waals surface area contributed by atoms with Gasteiger partial charge in [0.05, 0.1) is 0 Å². The van der Waals surface area contributed by atoms with Crippen LogP contribution in [-0.4, -0.2) is 34.2 Å². The molecule has 21 heavy (non-hydrogen) atoms. The Kier molecular flexibility index (Phi) is 8.72. The highest BCUT2D eigenvalue weighted by atomic mass is 32.2. The number of nitrogens with one attached hydrogen (secondary N) is 1. The predicted octanol–water partition coefficient (Wildman–Crippen LogP) is 4.31. The summed E-state index contributed by atoms with van der Waals surface area (Å²) >= 11 is 2.07. The van der Waals surface area contributed by atoms with Gasteiger partial charge in [0.2, 0.25) is 0 Å². The second-order valence-corrected chi connectivity index (χ2v) is 7.94. The van der Waals surface area contributed by atoms with Crippen LogP contribution >= 0.6 is 11.8 Å². The monoisotopic (exact) mass is 315 g/mol. The maximum absolute atomic E-state index is 11.6. The average molecular weight is 316 g/mol. The molecule has 3 atom stereocenters. The molecule has 0 heterocycles. The first kappa shape index (κ1) is 18.8. The third-order valence-electron chi connectivity index (χ3n) is 4.72. The second-order valence-electron chi connectivity index (χ2n) is 6.54. The van der Waals surface area contributed by atoms with Crippen LogP contribution in [0, 0.1) is 5.92 Å². The minimum atomic E-state index is -0.712. The van der Waals surface area contributed by atoms with E-state index in [1.807, 2.05) is 6.92 Å². The number of hydrogen-bond acceptors (Lipinski definition) is 3. The van der Waals surface area contributed by atoms with E-state index in [1.165, 1.54) is 25.7 Å². The van der Waals surface area contributed by atoms with Crippen LogP contribution in [0.4, 0.5) is 0 Å². The highest BCUT2D eigenvalue weighted by Gasteiger charge is 2.35. The van der Waals surface area contributed by atoms with E-state index in [2.05, 4.69) is 30.9 Å². The van der Waals surface area contributed by atoms with E-state index < -0.39 is 11.5 Å². The van der Waals surface area contributed by atoms with Crippen molar-refractivity contribution in [2.45, 2.75) is 82.9 Å². The number of rotatable bonds is 10. The van der Waals surface area contributed by atoms with E-state index in [0.29, 0.717) is 6.42 Å². The van der Waals surface area contributed by atoms with Gasteiger partial charge in [-0.05, 0) is 56.7 Å². The number of thioether (sulfide) groups is 1. The summed E-state index contributed by atoms with van der Waals surface area (Å²) in [5, 5.41) is 13.6. The zero-order chi connectivity index (χ0) is 15.7. The predicted molar refractivity (Wildman–Crippen MR) is 92.1 cm³/mol. The largest absolute Gasteiger partial charge is 0.480 e. The van der Waals surface area contributed by atoms with Gasteiger partial charge >= 0.3 is 5.97 Å². The third-order valence-corrected chi connectivity index (χ3v) is 6.14. The van der Waals surface area contributed by atoms with E-state index in [1.54, 1.807) is 0 Å². The Morgan fingerprint density at radius 3 is 2.71 bits per heavy atom. The normalized spacial score (nSPS) is 25.5. The minimum Gasteiger partial charge on any atom is -0.480 e. The fourth-order valence-corrected chi connectivity index (χ4v) is 4.68. The van der Waals surface area contributed by atoms with Gasteiger partial charge in [0, 0.05) is 5.25 Å². The number of hydrogen-bond donors (Lipinski definition) is 2. The summed E-state index contributed by atoms with van der Waals surface area (Å²) in [6.07, 6.45) is 8.82. The van der Waals surface area contributed by atoms with Crippen molar-refractivity contribution in [2.75, 3.05) is 12.3 Å². The summed E-state index contributed by atoms with van der Waals surface area (Å²) in [6, 6.07) is 0. The van der Waals surface area contributed by atoms with E-state index in [0.717, 1.165) is 42.7 Å². The van der Waals surface area contributed by atoms with Crippen LogP contribution in [0.25, 0.3) is 0 Å². The van der Waals surface area contributed by atoms with Gasteiger partial charge in [-0.25, -0.2) is 0 Å². The topological polar surface area (TPSA) is 49.3 Å². The van der Waals surface area contributed by atoms with Crippen molar-refractivity contribution in [3.05, 3.63) is 0 Å². The molecule has 124 valence electrons. The van der Waals surface area contributed by atoms with Crippen molar-refractivity contribution in [1.82, 2.24) is 5.32 Å². The highest BCUT2D eigenvalue weighted by Crippen LogP contribution is 2.32. The molecule has 1 aliphatic carbocycles. The van der Waals surface area contributed by atoms with E-state index in [9.17, 15) is 9.90 Å². The average Bonchev–Trinajstić information content (AvgIpc) is 2.46. The van der Waals surface area contributed by atoms with Crippen molar-refractivity contribution in [2.24, 2.45) is 5.92 Å². The van der Waals surface area contributed by atoms with Crippen molar-refractivity contribution in [1.29, 1.82) is 0 Å². The molecule has 1 rings (SSSR count). The Morgan fingerprint density at radius 1 is 1.38 bits per heavy atom.